The third kappa shape index (κ3) is 4.76. The largest absolute Gasteiger partial charge is 0.384 e. The van der Waals surface area contributed by atoms with Crippen molar-refractivity contribution in [2.45, 2.75) is 83.1 Å². The summed E-state index contributed by atoms with van der Waals surface area (Å²) in [6.07, 6.45) is 14.1. The number of anilines is 1. The van der Waals surface area contributed by atoms with E-state index in [-0.39, 0.29) is 11.4 Å². The van der Waals surface area contributed by atoms with Gasteiger partial charge in [0, 0.05) is 22.6 Å². The van der Waals surface area contributed by atoms with Crippen LogP contribution in [0.25, 0.3) is 10.4 Å². The molecular weight excluding hydrogens is 412 g/mol. The topological polar surface area (TPSA) is 41.1 Å². The SMILES string of the molecule is CCCCCCCNc1ccc(-c2cccs2)cc1C(=O)NC12CC3CC(CC(C3)C1)C2. The molecule has 2 N–H and O–H groups in total. The summed E-state index contributed by atoms with van der Waals surface area (Å²) in [5.41, 5.74) is 3.00. The molecule has 0 unspecified atom stereocenters. The molecule has 1 heterocycles. The lowest BCUT2D eigenvalue weighted by atomic mass is 9.53. The summed E-state index contributed by atoms with van der Waals surface area (Å²) < 4.78 is 0. The van der Waals surface area contributed by atoms with Gasteiger partial charge >= 0.3 is 0 Å². The van der Waals surface area contributed by atoms with Gasteiger partial charge in [-0.25, -0.2) is 0 Å². The smallest absolute Gasteiger partial charge is 0.253 e. The first-order chi connectivity index (χ1) is 15.6. The number of carbonyl (C=O) groups is 1. The Morgan fingerprint density at radius 1 is 1.00 bits per heavy atom. The normalized spacial score (nSPS) is 28.1. The highest BCUT2D eigenvalue weighted by Crippen LogP contribution is 2.55. The molecule has 1 aromatic heterocycles. The van der Waals surface area contributed by atoms with E-state index in [1.807, 2.05) is 0 Å². The molecule has 0 atom stereocenters. The highest BCUT2D eigenvalue weighted by molar-refractivity contribution is 7.13. The van der Waals surface area contributed by atoms with Gasteiger partial charge in [0.05, 0.1) is 5.56 Å². The highest BCUT2D eigenvalue weighted by atomic mass is 32.1. The summed E-state index contributed by atoms with van der Waals surface area (Å²) in [6, 6.07) is 10.6. The second-order valence-corrected chi connectivity index (χ2v) is 11.7. The molecule has 0 aliphatic heterocycles. The number of hydrogen-bond donors (Lipinski definition) is 2. The van der Waals surface area contributed by atoms with Crippen molar-refractivity contribution in [3.8, 4) is 10.4 Å². The summed E-state index contributed by atoms with van der Waals surface area (Å²) in [7, 11) is 0. The Balaban J connectivity index is 1.33. The van der Waals surface area contributed by atoms with Crippen LogP contribution in [0.3, 0.4) is 0 Å². The lowest BCUT2D eigenvalue weighted by molar-refractivity contribution is -0.0166. The van der Waals surface area contributed by atoms with Crippen molar-refractivity contribution in [3.63, 3.8) is 0 Å². The van der Waals surface area contributed by atoms with E-state index < -0.39 is 0 Å². The van der Waals surface area contributed by atoms with Crippen LogP contribution in [-0.2, 0) is 0 Å². The predicted octanol–water partition coefficient (Wildman–Crippen LogP) is 7.50. The first-order valence-electron chi connectivity index (χ1n) is 12.9. The number of unbranched alkanes of at least 4 members (excludes halogenated alkanes) is 4. The summed E-state index contributed by atoms with van der Waals surface area (Å²) in [5.74, 6) is 2.62. The van der Waals surface area contributed by atoms with Gasteiger partial charge in [0.15, 0.2) is 0 Å². The second kappa shape index (κ2) is 9.59. The zero-order chi connectivity index (χ0) is 22.0. The van der Waals surface area contributed by atoms with E-state index in [9.17, 15) is 4.79 Å². The Bertz CT molecular complexity index is 884. The van der Waals surface area contributed by atoms with E-state index >= 15 is 0 Å². The van der Waals surface area contributed by atoms with E-state index in [2.05, 4.69) is 53.3 Å². The third-order valence-corrected chi connectivity index (χ3v) is 9.00. The molecule has 4 heteroatoms. The lowest BCUT2D eigenvalue weighted by Crippen LogP contribution is -2.59. The molecule has 4 bridgehead atoms. The minimum Gasteiger partial charge on any atom is -0.384 e. The van der Waals surface area contributed by atoms with Crippen molar-refractivity contribution in [1.82, 2.24) is 5.32 Å². The monoisotopic (exact) mass is 450 g/mol. The molecule has 4 aliphatic carbocycles. The van der Waals surface area contributed by atoms with Crippen molar-refractivity contribution in [2.24, 2.45) is 17.8 Å². The number of carbonyl (C=O) groups excluding carboxylic acids is 1. The van der Waals surface area contributed by atoms with Crippen molar-refractivity contribution in [2.75, 3.05) is 11.9 Å². The van der Waals surface area contributed by atoms with Gasteiger partial charge in [-0.2, -0.15) is 0 Å². The Hall–Kier alpha value is -1.81. The van der Waals surface area contributed by atoms with E-state index in [0.717, 1.165) is 47.5 Å². The maximum Gasteiger partial charge on any atom is 0.253 e. The molecule has 0 spiro atoms. The second-order valence-electron chi connectivity index (χ2n) is 10.7. The molecule has 6 rings (SSSR count). The van der Waals surface area contributed by atoms with Crippen LogP contribution in [0.1, 0.15) is 87.9 Å². The van der Waals surface area contributed by atoms with Crippen molar-refractivity contribution in [1.29, 1.82) is 0 Å². The van der Waals surface area contributed by atoms with Gasteiger partial charge in [-0.1, -0.05) is 44.7 Å². The van der Waals surface area contributed by atoms with Gasteiger partial charge in [0.1, 0.15) is 0 Å². The number of rotatable bonds is 10. The molecule has 4 fully saturated rings. The van der Waals surface area contributed by atoms with Crippen LogP contribution in [0.2, 0.25) is 0 Å². The van der Waals surface area contributed by atoms with Gasteiger partial charge in [0.2, 0.25) is 0 Å². The highest BCUT2D eigenvalue weighted by Gasteiger charge is 2.51. The molecule has 32 heavy (non-hydrogen) atoms. The fourth-order valence-corrected chi connectivity index (χ4v) is 7.73. The summed E-state index contributed by atoms with van der Waals surface area (Å²) in [5, 5.41) is 9.29. The Labute approximate surface area is 197 Å². The molecule has 4 aliphatic rings. The fourth-order valence-electron chi connectivity index (χ4n) is 7.01. The maximum atomic E-state index is 13.7. The minimum atomic E-state index is 0.0438. The van der Waals surface area contributed by atoms with Crippen LogP contribution in [0.4, 0.5) is 5.69 Å². The first kappa shape index (κ1) is 22.0. The number of nitrogens with one attached hydrogen (secondary N) is 2. The fraction of sp³-hybridized carbons (Fsp3) is 0.607. The number of hydrogen-bond acceptors (Lipinski definition) is 3. The van der Waals surface area contributed by atoms with Crippen LogP contribution in [0.5, 0.6) is 0 Å². The average molecular weight is 451 g/mol. The van der Waals surface area contributed by atoms with Gasteiger partial charge in [-0.3, -0.25) is 4.79 Å². The van der Waals surface area contributed by atoms with Crippen LogP contribution >= 0.6 is 11.3 Å². The quantitative estimate of drug-likeness (QED) is 0.368. The first-order valence-corrected chi connectivity index (χ1v) is 13.8. The summed E-state index contributed by atoms with van der Waals surface area (Å²) in [4.78, 5) is 14.9. The summed E-state index contributed by atoms with van der Waals surface area (Å²) >= 11 is 1.73. The van der Waals surface area contributed by atoms with Crippen LogP contribution in [0, 0.1) is 17.8 Å². The number of thiophene rings is 1. The standard InChI is InChI=1S/C28H38N2OS/c1-2-3-4-5-6-11-29-25-10-9-23(26-8-7-12-32-26)16-24(25)27(31)30-28-17-20-13-21(18-28)15-22(14-20)19-28/h7-10,12,16,20-22,29H,2-6,11,13-15,17-19H2,1H3,(H,30,31). The Kier molecular flexibility index (Phi) is 6.59. The molecule has 1 amide bonds. The van der Waals surface area contributed by atoms with E-state index in [0.29, 0.717) is 0 Å². The van der Waals surface area contributed by atoms with E-state index in [4.69, 9.17) is 0 Å². The molecule has 0 saturated heterocycles. The molecule has 2 aromatic rings. The van der Waals surface area contributed by atoms with Crippen molar-refractivity contribution >= 4 is 22.9 Å². The number of amides is 1. The van der Waals surface area contributed by atoms with Crippen LogP contribution in [0.15, 0.2) is 35.7 Å². The Morgan fingerprint density at radius 3 is 2.38 bits per heavy atom. The van der Waals surface area contributed by atoms with Crippen molar-refractivity contribution in [3.05, 3.63) is 41.3 Å². The van der Waals surface area contributed by atoms with Crippen LogP contribution < -0.4 is 10.6 Å². The van der Waals surface area contributed by atoms with Gasteiger partial charge < -0.3 is 10.6 Å². The molecule has 3 nitrogen and oxygen atoms in total. The predicted molar refractivity (Wildman–Crippen MR) is 135 cm³/mol. The number of benzene rings is 1. The molecule has 172 valence electrons. The van der Waals surface area contributed by atoms with Gasteiger partial charge in [-0.05, 0) is 91.8 Å². The average Bonchev–Trinajstić information content (AvgIpc) is 3.30. The van der Waals surface area contributed by atoms with E-state index in [1.165, 1.54) is 69.1 Å². The third-order valence-electron chi connectivity index (χ3n) is 8.08. The van der Waals surface area contributed by atoms with Crippen LogP contribution in [-0.4, -0.2) is 18.0 Å². The van der Waals surface area contributed by atoms with Gasteiger partial charge in [0.25, 0.3) is 5.91 Å². The molecule has 4 saturated carbocycles. The zero-order valence-corrected chi connectivity index (χ0v) is 20.3. The molecule has 0 radical (unpaired) electrons. The van der Waals surface area contributed by atoms with E-state index in [1.54, 1.807) is 11.3 Å². The zero-order valence-electron chi connectivity index (χ0n) is 19.5. The Morgan fingerprint density at radius 2 is 1.72 bits per heavy atom. The maximum absolute atomic E-state index is 13.7. The lowest BCUT2D eigenvalue weighted by Gasteiger charge is -2.56. The minimum absolute atomic E-state index is 0.0438. The van der Waals surface area contributed by atoms with Gasteiger partial charge in [-0.15, -0.1) is 11.3 Å². The van der Waals surface area contributed by atoms with Crippen molar-refractivity contribution < 1.29 is 4.79 Å². The summed E-state index contributed by atoms with van der Waals surface area (Å²) in [6.45, 7) is 3.18. The molecular formula is C28H38N2OS. The molecule has 1 aromatic carbocycles.